The third-order valence-corrected chi connectivity index (χ3v) is 5.46. The maximum absolute atomic E-state index is 12.4. The first-order valence-electron chi connectivity index (χ1n) is 8.11. The number of halogens is 2. The van der Waals surface area contributed by atoms with E-state index in [1.165, 1.54) is 0 Å². The molecule has 2 N–H and O–H groups in total. The number of carbonyl (C=O) groups excluding carboxylic acids is 2. The number of nitrogens with one attached hydrogen (secondary N) is 2. The van der Waals surface area contributed by atoms with Crippen LogP contribution in [0.4, 0.5) is 0 Å². The van der Waals surface area contributed by atoms with Gasteiger partial charge in [0.05, 0.1) is 21.4 Å². The van der Waals surface area contributed by atoms with Crippen LogP contribution in [0, 0.1) is 7.14 Å². The fraction of sp³-hybridized carbons (Fsp3) is 0.263. The van der Waals surface area contributed by atoms with E-state index in [1.54, 1.807) is 50.6 Å². The van der Waals surface area contributed by atoms with E-state index in [0.29, 0.717) is 17.7 Å². The fourth-order valence-electron chi connectivity index (χ4n) is 2.32. The fourth-order valence-corrected chi connectivity index (χ4v) is 3.79. The normalized spacial score (nSPS) is 11.4. The van der Waals surface area contributed by atoms with Crippen LogP contribution in [0.3, 0.4) is 0 Å². The molecule has 6 nitrogen and oxygen atoms in total. The summed E-state index contributed by atoms with van der Waals surface area (Å²) in [5.41, 5.74) is 1.09. The number of carbonyl (C=O) groups is 2. The van der Waals surface area contributed by atoms with Crippen LogP contribution >= 0.6 is 45.2 Å². The Morgan fingerprint density at radius 3 is 1.85 bits per heavy atom. The van der Waals surface area contributed by atoms with Crippen molar-refractivity contribution >= 4 is 57.0 Å². The van der Waals surface area contributed by atoms with Crippen LogP contribution in [0.5, 0.6) is 11.5 Å². The molecule has 0 saturated heterocycles. The van der Waals surface area contributed by atoms with Crippen molar-refractivity contribution in [2.45, 2.75) is 13.0 Å². The summed E-state index contributed by atoms with van der Waals surface area (Å²) in [6, 6.07) is 10.2. The molecule has 0 aliphatic carbocycles. The number of amides is 2. The first-order valence-corrected chi connectivity index (χ1v) is 10.3. The summed E-state index contributed by atoms with van der Waals surface area (Å²) in [5.74, 6) is 1.05. The van der Waals surface area contributed by atoms with Gasteiger partial charge in [-0.05, 0) is 88.5 Å². The first kappa shape index (κ1) is 21.7. The minimum atomic E-state index is -0.224. The molecule has 0 aliphatic rings. The number of hydrogen-bond acceptors (Lipinski definition) is 4. The van der Waals surface area contributed by atoms with Gasteiger partial charge < -0.3 is 20.1 Å². The summed E-state index contributed by atoms with van der Waals surface area (Å²) in [5, 5.41) is 5.71. The molecule has 0 saturated carbocycles. The zero-order valence-electron chi connectivity index (χ0n) is 15.1. The molecule has 1 atom stereocenters. The summed E-state index contributed by atoms with van der Waals surface area (Å²) >= 11 is 4.24. The van der Waals surface area contributed by atoms with E-state index in [0.717, 1.165) is 18.6 Å². The Morgan fingerprint density at radius 1 is 0.926 bits per heavy atom. The monoisotopic (exact) mass is 594 g/mol. The predicted molar refractivity (Wildman–Crippen MR) is 121 cm³/mol. The minimum absolute atomic E-state index is 0.198. The number of rotatable bonds is 7. The molecule has 0 heterocycles. The zero-order chi connectivity index (χ0) is 20.0. The highest BCUT2D eigenvalue weighted by Crippen LogP contribution is 2.22. The second-order valence-electron chi connectivity index (χ2n) is 5.78. The Hall–Kier alpha value is -1.56. The molecule has 0 unspecified atom stereocenters. The molecule has 8 heteroatoms. The van der Waals surface area contributed by atoms with Crippen LogP contribution in [-0.2, 0) is 0 Å². The summed E-state index contributed by atoms with van der Waals surface area (Å²) in [6.07, 6.45) is 0. The van der Waals surface area contributed by atoms with Crippen molar-refractivity contribution in [1.82, 2.24) is 10.6 Å². The summed E-state index contributed by atoms with van der Waals surface area (Å²) in [7, 11) is 3.18. The standard InChI is InChI=1S/C19H20I2N2O4/c1-11(23-19(25)13-5-7-17(27-3)15(21)9-13)10-22-18(24)12-4-6-16(26-2)14(20)8-12/h4-9,11H,10H2,1-3H3,(H,22,24)(H,23,25)/t11-/m0/s1. The lowest BCUT2D eigenvalue weighted by Crippen LogP contribution is -2.41. The smallest absolute Gasteiger partial charge is 0.251 e. The second-order valence-corrected chi connectivity index (χ2v) is 8.11. The SMILES string of the molecule is COc1ccc(C(=O)NC[C@H](C)NC(=O)c2ccc(OC)c(I)c2)cc1I. The summed E-state index contributed by atoms with van der Waals surface area (Å²) < 4.78 is 12.1. The predicted octanol–water partition coefficient (Wildman–Crippen LogP) is 3.46. The topological polar surface area (TPSA) is 76.7 Å². The Bertz CT molecular complexity index is 842. The van der Waals surface area contributed by atoms with E-state index in [1.807, 2.05) is 6.92 Å². The van der Waals surface area contributed by atoms with Crippen LogP contribution in [0.25, 0.3) is 0 Å². The van der Waals surface area contributed by atoms with Gasteiger partial charge in [-0.1, -0.05) is 0 Å². The van der Waals surface area contributed by atoms with Crippen molar-refractivity contribution in [3.8, 4) is 11.5 Å². The van der Waals surface area contributed by atoms with Gasteiger partial charge in [0.2, 0.25) is 0 Å². The molecule has 2 rings (SSSR count). The highest BCUT2D eigenvalue weighted by atomic mass is 127. The van der Waals surface area contributed by atoms with Crippen molar-refractivity contribution < 1.29 is 19.1 Å². The van der Waals surface area contributed by atoms with Gasteiger partial charge in [-0.2, -0.15) is 0 Å². The molecule has 2 aromatic rings. The number of ether oxygens (including phenoxy) is 2. The lowest BCUT2D eigenvalue weighted by atomic mass is 10.2. The molecule has 0 fully saturated rings. The van der Waals surface area contributed by atoms with Crippen molar-refractivity contribution in [1.29, 1.82) is 0 Å². The summed E-state index contributed by atoms with van der Waals surface area (Å²) in [6.45, 7) is 2.16. The first-order chi connectivity index (χ1) is 12.8. The van der Waals surface area contributed by atoms with Crippen LogP contribution < -0.4 is 20.1 Å². The van der Waals surface area contributed by atoms with Crippen molar-refractivity contribution in [3.63, 3.8) is 0 Å². The molecule has 0 spiro atoms. The molecule has 0 aliphatic heterocycles. The average Bonchev–Trinajstić information content (AvgIpc) is 2.65. The molecular formula is C19H20I2N2O4. The van der Waals surface area contributed by atoms with Gasteiger partial charge >= 0.3 is 0 Å². The van der Waals surface area contributed by atoms with Gasteiger partial charge in [-0.15, -0.1) is 0 Å². The number of hydrogen-bond donors (Lipinski definition) is 2. The van der Waals surface area contributed by atoms with E-state index in [4.69, 9.17) is 9.47 Å². The molecule has 2 aromatic carbocycles. The van der Waals surface area contributed by atoms with Gasteiger partial charge in [-0.25, -0.2) is 0 Å². The molecule has 0 aromatic heterocycles. The second kappa shape index (κ2) is 10.1. The van der Waals surface area contributed by atoms with Crippen LogP contribution in [0.15, 0.2) is 36.4 Å². The molecule has 2 amide bonds. The van der Waals surface area contributed by atoms with Crippen molar-refractivity contribution in [2.24, 2.45) is 0 Å². The molecule has 27 heavy (non-hydrogen) atoms. The van der Waals surface area contributed by atoms with Gasteiger partial charge in [0.25, 0.3) is 11.8 Å². The highest BCUT2D eigenvalue weighted by molar-refractivity contribution is 14.1. The highest BCUT2D eigenvalue weighted by Gasteiger charge is 2.14. The Labute approximate surface area is 185 Å². The van der Waals surface area contributed by atoms with E-state index in [-0.39, 0.29) is 17.9 Å². The Morgan fingerprint density at radius 2 is 1.41 bits per heavy atom. The molecule has 0 bridgehead atoms. The molecule has 0 radical (unpaired) electrons. The third-order valence-electron chi connectivity index (χ3n) is 3.77. The lowest BCUT2D eigenvalue weighted by molar-refractivity contribution is 0.0912. The quantitative estimate of drug-likeness (QED) is 0.482. The summed E-state index contributed by atoms with van der Waals surface area (Å²) in [4.78, 5) is 24.6. The lowest BCUT2D eigenvalue weighted by Gasteiger charge is -2.15. The maximum atomic E-state index is 12.4. The van der Waals surface area contributed by atoms with Crippen LogP contribution in [0.2, 0.25) is 0 Å². The van der Waals surface area contributed by atoms with E-state index < -0.39 is 0 Å². The molecule has 144 valence electrons. The van der Waals surface area contributed by atoms with Gasteiger partial charge in [0.1, 0.15) is 11.5 Å². The maximum Gasteiger partial charge on any atom is 0.251 e. The minimum Gasteiger partial charge on any atom is -0.496 e. The number of benzene rings is 2. The van der Waals surface area contributed by atoms with Crippen molar-refractivity contribution in [2.75, 3.05) is 20.8 Å². The van der Waals surface area contributed by atoms with E-state index in [9.17, 15) is 9.59 Å². The van der Waals surface area contributed by atoms with Gasteiger partial charge in [0.15, 0.2) is 0 Å². The van der Waals surface area contributed by atoms with E-state index >= 15 is 0 Å². The zero-order valence-corrected chi connectivity index (χ0v) is 19.5. The van der Waals surface area contributed by atoms with Crippen molar-refractivity contribution in [3.05, 3.63) is 54.7 Å². The van der Waals surface area contributed by atoms with Crippen LogP contribution in [-0.4, -0.2) is 38.6 Å². The molecular weight excluding hydrogens is 574 g/mol. The van der Waals surface area contributed by atoms with Gasteiger partial charge in [-0.3, -0.25) is 9.59 Å². The Balaban J connectivity index is 1.90. The van der Waals surface area contributed by atoms with Gasteiger partial charge in [0, 0.05) is 23.7 Å². The van der Waals surface area contributed by atoms with Crippen LogP contribution in [0.1, 0.15) is 27.6 Å². The Kier molecular flexibility index (Phi) is 8.14. The average molecular weight is 594 g/mol. The largest absolute Gasteiger partial charge is 0.496 e. The third kappa shape index (κ3) is 5.96. The van der Waals surface area contributed by atoms with E-state index in [2.05, 4.69) is 55.8 Å². The number of methoxy groups -OCH3 is 2.